The molecular formula is C20H21N3OS. The molecule has 0 aliphatic rings. The molecule has 3 rings (SSSR count). The third kappa shape index (κ3) is 4.12. The number of carbonyl (C=O) groups excluding carboxylic acids is 1. The van der Waals surface area contributed by atoms with Gasteiger partial charge in [0.15, 0.2) is 5.13 Å². The molecule has 0 radical (unpaired) electrons. The summed E-state index contributed by atoms with van der Waals surface area (Å²) in [5.41, 5.74) is 2.81. The molecule has 0 unspecified atom stereocenters. The molecule has 5 heteroatoms. The summed E-state index contributed by atoms with van der Waals surface area (Å²) >= 11 is 1.43. The van der Waals surface area contributed by atoms with Crippen LogP contribution >= 0.6 is 11.3 Å². The summed E-state index contributed by atoms with van der Waals surface area (Å²) in [6.07, 6.45) is 4.44. The first kappa shape index (κ1) is 17.3. The van der Waals surface area contributed by atoms with Crippen molar-refractivity contribution in [3.05, 3.63) is 65.8 Å². The van der Waals surface area contributed by atoms with Crippen LogP contribution in [0.5, 0.6) is 0 Å². The van der Waals surface area contributed by atoms with E-state index in [-0.39, 0.29) is 17.7 Å². The molecule has 0 fully saturated rings. The zero-order valence-corrected chi connectivity index (χ0v) is 15.2. The summed E-state index contributed by atoms with van der Waals surface area (Å²) in [5.74, 6) is 0.0599. The topological polar surface area (TPSA) is 54.9 Å². The minimum Gasteiger partial charge on any atom is -0.301 e. The van der Waals surface area contributed by atoms with E-state index in [1.807, 2.05) is 47.8 Å². The summed E-state index contributed by atoms with van der Waals surface area (Å²) in [6, 6.07) is 13.8. The van der Waals surface area contributed by atoms with Crippen molar-refractivity contribution in [3.63, 3.8) is 0 Å². The quantitative estimate of drug-likeness (QED) is 0.682. The summed E-state index contributed by atoms with van der Waals surface area (Å²) in [6.45, 7) is 4.22. The molecule has 2 heterocycles. The van der Waals surface area contributed by atoms with E-state index in [0.717, 1.165) is 23.2 Å². The number of carbonyl (C=O) groups is 1. The molecule has 0 aliphatic heterocycles. The normalized spacial score (nSPS) is 13.2. The van der Waals surface area contributed by atoms with Gasteiger partial charge in [0, 0.05) is 23.3 Å². The Bertz CT molecular complexity index is 817. The number of nitrogens with zero attached hydrogens (tertiary/aromatic N) is 2. The number of anilines is 1. The van der Waals surface area contributed by atoms with Gasteiger partial charge in [-0.25, -0.2) is 4.98 Å². The fourth-order valence-electron chi connectivity index (χ4n) is 2.80. The first-order chi connectivity index (χ1) is 12.2. The lowest BCUT2D eigenvalue weighted by atomic mass is 9.85. The molecule has 1 aromatic carbocycles. The maximum absolute atomic E-state index is 12.9. The van der Waals surface area contributed by atoms with Crippen LogP contribution in [-0.4, -0.2) is 15.9 Å². The molecule has 128 valence electrons. The number of rotatable bonds is 6. The van der Waals surface area contributed by atoms with Crippen molar-refractivity contribution in [2.45, 2.75) is 26.2 Å². The highest BCUT2D eigenvalue weighted by Crippen LogP contribution is 2.30. The molecule has 0 aliphatic carbocycles. The number of thiazole rings is 1. The Morgan fingerprint density at radius 1 is 1.20 bits per heavy atom. The maximum atomic E-state index is 12.9. The van der Waals surface area contributed by atoms with Crippen molar-refractivity contribution in [3.8, 4) is 11.3 Å². The van der Waals surface area contributed by atoms with Gasteiger partial charge in [0.2, 0.25) is 5.91 Å². The third-order valence-corrected chi connectivity index (χ3v) is 5.10. The van der Waals surface area contributed by atoms with Gasteiger partial charge in [-0.1, -0.05) is 50.6 Å². The second-order valence-electron chi connectivity index (χ2n) is 6.04. The van der Waals surface area contributed by atoms with E-state index in [4.69, 9.17) is 0 Å². The second kappa shape index (κ2) is 8.03. The molecule has 0 saturated heterocycles. The Labute approximate surface area is 152 Å². The molecule has 2 aromatic heterocycles. The maximum Gasteiger partial charge on any atom is 0.233 e. The lowest BCUT2D eigenvalue weighted by Crippen LogP contribution is -2.26. The molecule has 1 amide bonds. The van der Waals surface area contributed by atoms with Gasteiger partial charge in [-0.3, -0.25) is 9.78 Å². The molecule has 25 heavy (non-hydrogen) atoms. The number of hydrogen-bond donors (Lipinski definition) is 1. The van der Waals surface area contributed by atoms with Crippen molar-refractivity contribution in [2.24, 2.45) is 5.92 Å². The van der Waals surface area contributed by atoms with Gasteiger partial charge in [0.1, 0.15) is 0 Å². The predicted molar refractivity (Wildman–Crippen MR) is 103 cm³/mol. The molecule has 0 bridgehead atoms. The lowest BCUT2D eigenvalue weighted by molar-refractivity contribution is -0.118. The molecule has 2 atom stereocenters. The molecule has 0 spiro atoms. The van der Waals surface area contributed by atoms with Gasteiger partial charge in [-0.15, -0.1) is 11.3 Å². The third-order valence-electron chi connectivity index (χ3n) is 4.35. The Morgan fingerprint density at radius 3 is 2.68 bits per heavy atom. The van der Waals surface area contributed by atoms with E-state index in [0.29, 0.717) is 5.13 Å². The number of amides is 1. The van der Waals surface area contributed by atoms with E-state index < -0.39 is 0 Å². The van der Waals surface area contributed by atoms with Crippen LogP contribution in [0.15, 0.2) is 60.2 Å². The summed E-state index contributed by atoms with van der Waals surface area (Å²) in [7, 11) is 0. The van der Waals surface area contributed by atoms with Crippen LogP contribution in [-0.2, 0) is 4.79 Å². The van der Waals surface area contributed by atoms with Gasteiger partial charge in [0.25, 0.3) is 0 Å². The first-order valence-electron chi connectivity index (χ1n) is 8.40. The van der Waals surface area contributed by atoms with Gasteiger partial charge in [-0.05, 0) is 23.6 Å². The van der Waals surface area contributed by atoms with E-state index in [2.05, 4.69) is 29.1 Å². The number of pyridine rings is 1. The zero-order valence-electron chi connectivity index (χ0n) is 14.3. The van der Waals surface area contributed by atoms with Crippen LogP contribution in [0.1, 0.15) is 31.7 Å². The van der Waals surface area contributed by atoms with Crippen LogP contribution in [0.25, 0.3) is 11.3 Å². The Morgan fingerprint density at radius 2 is 2.00 bits per heavy atom. The Kier molecular flexibility index (Phi) is 5.56. The minimum atomic E-state index is -0.183. The van der Waals surface area contributed by atoms with E-state index in [9.17, 15) is 4.79 Å². The second-order valence-corrected chi connectivity index (χ2v) is 6.90. The van der Waals surface area contributed by atoms with Crippen molar-refractivity contribution in [1.82, 2.24) is 9.97 Å². The molecule has 1 N–H and O–H groups in total. The van der Waals surface area contributed by atoms with Crippen LogP contribution in [0.2, 0.25) is 0 Å². The van der Waals surface area contributed by atoms with Crippen molar-refractivity contribution < 1.29 is 4.79 Å². The fourth-order valence-corrected chi connectivity index (χ4v) is 3.52. The van der Waals surface area contributed by atoms with E-state index in [1.165, 1.54) is 11.3 Å². The molecular weight excluding hydrogens is 330 g/mol. The number of nitrogens with one attached hydrogen (secondary N) is 1. The van der Waals surface area contributed by atoms with Crippen molar-refractivity contribution in [2.75, 3.05) is 5.32 Å². The fraction of sp³-hybridized carbons (Fsp3) is 0.250. The van der Waals surface area contributed by atoms with Crippen LogP contribution in [0.3, 0.4) is 0 Å². The highest BCUT2D eigenvalue weighted by molar-refractivity contribution is 7.14. The number of hydrogen-bond acceptors (Lipinski definition) is 4. The average Bonchev–Trinajstić information content (AvgIpc) is 3.12. The van der Waals surface area contributed by atoms with Gasteiger partial charge >= 0.3 is 0 Å². The molecule has 4 nitrogen and oxygen atoms in total. The number of aromatic nitrogens is 2. The van der Waals surface area contributed by atoms with E-state index >= 15 is 0 Å². The zero-order chi connectivity index (χ0) is 17.6. The van der Waals surface area contributed by atoms with Gasteiger partial charge in [0.05, 0.1) is 11.6 Å². The van der Waals surface area contributed by atoms with E-state index in [1.54, 1.807) is 12.4 Å². The monoisotopic (exact) mass is 351 g/mol. The smallest absolute Gasteiger partial charge is 0.233 e. The summed E-state index contributed by atoms with van der Waals surface area (Å²) in [5, 5.41) is 5.55. The van der Waals surface area contributed by atoms with Crippen LogP contribution < -0.4 is 5.32 Å². The molecule has 0 saturated carbocycles. The Balaban J connectivity index is 1.79. The van der Waals surface area contributed by atoms with Crippen molar-refractivity contribution in [1.29, 1.82) is 0 Å². The average molecular weight is 351 g/mol. The van der Waals surface area contributed by atoms with Crippen LogP contribution in [0.4, 0.5) is 5.13 Å². The largest absolute Gasteiger partial charge is 0.301 e. The summed E-state index contributed by atoms with van der Waals surface area (Å²) < 4.78 is 0. The van der Waals surface area contributed by atoms with Gasteiger partial charge in [-0.2, -0.15) is 0 Å². The minimum absolute atomic E-state index is 0.00682. The highest BCUT2D eigenvalue weighted by atomic mass is 32.1. The first-order valence-corrected chi connectivity index (χ1v) is 9.28. The SMILES string of the molecule is CC[C@@H](C)[C@H](C(=O)Nc1nc(-c2cccnc2)cs1)c1ccccc1. The lowest BCUT2D eigenvalue weighted by Gasteiger charge is -2.22. The van der Waals surface area contributed by atoms with Crippen LogP contribution in [0, 0.1) is 5.92 Å². The summed E-state index contributed by atoms with van der Waals surface area (Å²) in [4.78, 5) is 21.5. The van der Waals surface area contributed by atoms with Gasteiger partial charge < -0.3 is 5.32 Å². The predicted octanol–water partition coefficient (Wildman–Crippen LogP) is 4.97. The Hall–Kier alpha value is -2.53. The highest BCUT2D eigenvalue weighted by Gasteiger charge is 2.26. The van der Waals surface area contributed by atoms with Crippen molar-refractivity contribution >= 4 is 22.4 Å². The number of benzene rings is 1. The standard InChI is InChI=1S/C20H21N3OS/c1-3-14(2)18(15-8-5-4-6-9-15)19(24)23-20-22-17(13-25-20)16-10-7-11-21-12-16/h4-14,18H,3H2,1-2H3,(H,22,23,24)/t14-,18+/m1/s1. The molecule has 3 aromatic rings.